The molecule has 0 saturated heterocycles. The van der Waals surface area contributed by atoms with Crippen LogP contribution in [0.4, 0.5) is 5.69 Å². The molecule has 0 spiro atoms. The number of benzene rings is 2. The molecule has 146 valence electrons. The van der Waals surface area contributed by atoms with Crippen LogP contribution in [0.25, 0.3) is 27.9 Å². The molecule has 0 aliphatic rings. The van der Waals surface area contributed by atoms with Crippen molar-refractivity contribution in [3.05, 3.63) is 77.6 Å². The Morgan fingerprint density at radius 1 is 1.17 bits per heavy atom. The van der Waals surface area contributed by atoms with E-state index >= 15 is 0 Å². The molecule has 0 atom stereocenters. The molecule has 2 aromatic carbocycles. The molecule has 7 heteroatoms. The topological polar surface area (TPSA) is 108 Å². The van der Waals surface area contributed by atoms with Crippen LogP contribution >= 0.6 is 0 Å². The highest BCUT2D eigenvalue weighted by Crippen LogP contribution is 2.26. The van der Waals surface area contributed by atoms with E-state index < -0.39 is 11.9 Å². The van der Waals surface area contributed by atoms with Gasteiger partial charge in [-0.2, -0.15) is 5.26 Å². The van der Waals surface area contributed by atoms with Gasteiger partial charge in [0.1, 0.15) is 11.6 Å². The van der Waals surface area contributed by atoms with Gasteiger partial charge in [-0.25, -0.2) is 4.79 Å². The SMILES string of the molecule is COC(=O)c1cccc2[nH]cc(C=C(C#N)C(=O)Nc3cccc4ncccc34)c12. The van der Waals surface area contributed by atoms with Crippen LogP contribution in [0.1, 0.15) is 15.9 Å². The molecule has 0 saturated carbocycles. The molecule has 0 unspecified atom stereocenters. The summed E-state index contributed by atoms with van der Waals surface area (Å²) in [5.41, 5.74) is 2.77. The first-order valence-electron chi connectivity index (χ1n) is 9.07. The second-order valence-electron chi connectivity index (χ2n) is 6.46. The number of anilines is 1. The first kappa shape index (κ1) is 18.9. The second-order valence-corrected chi connectivity index (χ2v) is 6.46. The number of fused-ring (bicyclic) bond motifs is 2. The van der Waals surface area contributed by atoms with E-state index in [9.17, 15) is 14.9 Å². The van der Waals surface area contributed by atoms with Crippen LogP contribution in [-0.2, 0) is 9.53 Å². The van der Waals surface area contributed by atoms with E-state index in [-0.39, 0.29) is 5.57 Å². The normalized spacial score (nSPS) is 11.3. The van der Waals surface area contributed by atoms with Crippen molar-refractivity contribution in [1.82, 2.24) is 9.97 Å². The quantitative estimate of drug-likeness (QED) is 0.307. The average Bonchev–Trinajstić information content (AvgIpc) is 3.20. The first-order valence-corrected chi connectivity index (χ1v) is 9.07. The molecule has 2 N–H and O–H groups in total. The number of nitrogens with zero attached hydrogens (tertiary/aromatic N) is 2. The lowest BCUT2D eigenvalue weighted by Crippen LogP contribution is -2.13. The molecule has 30 heavy (non-hydrogen) atoms. The van der Waals surface area contributed by atoms with Crippen LogP contribution in [0.15, 0.2) is 66.5 Å². The van der Waals surface area contributed by atoms with Gasteiger partial charge in [-0.15, -0.1) is 0 Å². The van der Waals surface area contributed by atoms with Crippen molar-refractivity contribution >= 4 is 45.4 Å². The highest BCUT2D eigenvalue weighted by atomic mass is 16.5. The van der Waals surface area contributed by atoms with E-state index in [0.717, 1.165) is 10.9 Å². The van der Waals surface area contributed by atoms with Crippen LogP contribution in [0.5, 0.6) is 0 Å². The monoisotopic (exact) mass is 396 g/mol. The number of pyridine rings is 1. The summed E-state index contributed by atoms with van der Waals surface area (Å²) < 4.78 is 4.84. The summed E-state index contributed by atoms with van der Waals surface area (Å²) in [6.45, 7) is 0. The predicted octanol–water partition coefficient (Wildman–Crippen LogP) is 4.05. The van der Waals surface area contributed by atoms with Crippen molar-refractivity contribution in [3.8, 4) is 6.07 Å². The smallest absolute Gasteiger partial charge is 0.338 e. The van der Waals surface area contributed by atoms with Gasteiger partial charge in [-0.05, 0) is 42.5 Å². The zero-order valence-corrected chi connectivity index (χ0v) is 16.0. The zero-order chi connectivity index (χ0) is 21.1. The average molecular weight is 396 g/mol. The van der Waals surface area contributed by atoms with E-state index in [2.05, 4.69) is 15.3 Å². The van der Waals surface area contributed by atoms with Crippen molar-refractivity contribution in [2.75, 3.05) is 12.4 Å². The number of aromatic nitrogens is 2. The van der Waals surface area contributed by atoms with Gasteiger partial charge >= 0.3 is 5.97 Å². The van der Waals surface area contributed by atoms with Crippen LogP contribution in [-0.4, -0.2) is 29.0 Å². The van der Waals surface area contributed by atoms with Crippen molar-refractivity contribution in [2.45, 2.75) is 0 Å². The van der Waals surface area contributed by atoms with Gasteiger partial charge in [0, 0.05) is 34.2 Å². The number of hydrogen-bond donors (Lipinski definition) is 2. The maximum absolute atomic E-state index is 12.8. The molecular formula is C23H16N4O3. The molecule has 0 radical (unpaired) electrons. The fraction of sp³-hybridized carbons (Fsp3) is 0.0435. The minimum Gasteiger partial charge on any atom is -0.465 e. The lowest BCUT2D eigenvalue weighted by Gasteiger charge is -2.08. The van der Waals surface area contributed by atoms with Crippen LogP contribution in [0.2, 0.25) is 0 Å². The third-order valence-corrected chi connectivity index (χ3v) is 4.70. The number of H-pyrrole nitrogens is 1. The van der Waals surface area contributed by atoms with Crippen molar-refractivity contribution in [1.29, 1.82) is 5.26 Å². The summed E-state index contributed by atoms with van der Waals surface area (Å²) in [5, 5.41) is 13.7. The molecule has 1 amide bonds. The van der Waals surface area contributed by atoms with Gasteiger partial charge in [0.15, 0.2) is 0 Å². The molecule has 0 fully saturated rings. The fourth-order valence-corrected chi connectivity index (χ4v) is 3.31. The number of esters is 1. The van der Waals surface area contributed by atoms with Crippen molar-refractivity contribution in [3.63, 3.8) is 0 Å². The highest BCUT2D eigenvalue weighted by molar-refractivity contribution is 6.14. The molecule has 0 aliphatic carbocycles. The molecule has 4 aromatic rings. The number of nitrogens with one attached hydrogen (secondary N) is 2. The molecule has 2 heterocycles. The Morgan fingerprint density at radius 2 is 2.00 bits per heavy atom. The Labute approximate surface area is 171 Å². The van der Waals surface area contributed by atoms with Gasteiger partial charge in [-0.1, -0.05) is 12.1 Å². The van der Waals surface area contributed by atoms with E-state index in [1.165, 1.54) is 13.2 Å². The molecule has 7 nitrogen and oxygen atoms in total. The Kier molecular flexibility index (Phi) is 4.97. The minimum atomic E-state index is -0.557. The Morgan fingerprint density at radius 3 is 2.80 bits per heavy atom. The molecule has 0 aliphatic heterocycles. The van der Waals surface area contributed by atoms with Crippen LogP contribution in [0.3, 0.4) is 0 Å². The first-order chi connectivity index (χ1) is 14.6. The molecular weight excluding hydrogens is 380 g/mol. The Balaban J connectivity index is 1.73. The number of ether oxygens (including phenoxy) is 1. The number of amides is 1. The lowest BCUT2D eigenvalue weighted by molar-refractivity contribution is -0.112. The van der Waals surface area contributed by atoms with Gasteiger partial charge in [-0.3, -0.25) is 9.78 Å². The second kappa shape index (κ2) is 7.89. The molecule has 2 aromatic heterocycles. The number of carbonyl (C=O) groups is 2. The van der Waals surface area contributed by atoms with Gasteiger partial charge in [0.25, 0.3) is 5.91 Å². The third kappa shape index (κ3) is 3.38. The third-order valence-electron chi connectivity index (χ3n) is 4.70. The number of nitriles is 1. The van der Waals surface area contributed by atoms with Crippen molar-refractivity contribution < 1.29 is 14.3 Å². The number of carbonyl (C=O) groups excluding carboxylic acids is 2. The van der Waals surface area contributed by atoms with Crippen LogP contribution < -0.4 is 5.32 Å². The molecule has 0 bridgehead atoms. The van der Waals surface area contributed by atoms with E-state index in [0.29, 0.717) is 27.7 Å². The fourth-order valence-electron chi connectivity index (χ4n) is 3.31. The minimum absolute atomic E-state index is 0.100. The standard InChI is InChI=1S/C23H16N4O3/c1-30-23(29)17-5-2-9-20-21(17)15(13-26-20)11-14(12-24)22(28)27-19-8-3-7-18-16(19)6-4-10-25-18/h2-11,13,26H,1H3,(H,27,28). The number of hydrogen-bond acceptors (Lipinski definition) is 5. The number of methoxy groups -OCH3 is 1. The Bertz CT molecular complexity index is 1360. The van der Waals surface area contributed by atoms with Gasteiger partial charge < -0.3 is 15.0 Å². The van der Waals surface area contributed by atoms with E-state index in [1.807, 2.05) is 18.2 Å². The predicted molar refractivity (Wildman–Crippen MR) is 114 cm³/mol. The number of rotatable bonds is 4. The van der Waals surface area contributed by atoms with E-state index in [1.54, 1.807) is 48.8 Å². The summed E-state index contributed by atoms with van der Waals surface area (Å²) in [7, 11) is 1.30. The summed E-state index contributed by atoms with van der Waals surface area (Å²) in [6, 6.07) is 16.1. The van der Waals surface area contributed by atoms with Gasteiger partial charge in [0.05, 0.1) is 23.9 Å². The molecule has 4 rings (SSSR count). The number of aromatic amines is 1. The Hall–Kier alpha value is -4.44. The summed E-state index contributed by atoms with van der Waals surface area (Å²) >= 11 is 0. The van der Waals surface area contributed by atoms with Crippen molar-refractivity contribution in [2.24, 2.45) is 0 Å². The maximum atomic E-state index is 12.8. The highest BCUT2D eigenvalue weighted by Gasteiger charge is 2.17. The largest absolute Gasteiger partial charge is 0.465 e. The maximum Gasteiger partial charge on any atom is 0.338 e. The summed E-state index contributed by atoms with van der Waals surface area (Å²) in [5.74, 6) is -1.06. The zero-order valence-electron chi connectivity index (χ0n) is 16.0. The summed E-state index contributed by atoms with van der Waals surface area (Å²) in [4.78, 5) is 32.2. The summed E-state index contributed by atoms with van der Waals surface area (Å²) in [6.07, 6.45) is 4.76. The van der Waals surface area contributed by atoms with Crippen LogP contribution in [0, 0.1) is 11.3 Å². The van der Waals surface area contributed by atoms with E-state index in [4.69, 9.17) is 4.74 Å². The van der Waals surface area contributed by atoms with Gasteiger partial charge in [0.2, 0.25) is 0 Å². The lowest BCUT2D eigenvalue weighted by atomic mass is 10.0.